The third-order valence-corrected chi connectivity index (χ3v) is 4.64. The summed E-state index contributed by atoms with van der Waals surface area (Å²) in [5, 5.41) is 18.6. The zero-order valence-electron chi connectivity index (χ0n) is 12.5. The maximum atomic E-state index is 12.8. The minimum absolute atomic E-state index is 0.0756. The molecule has 0 aromatic carbocycles. The quantitative estimate of drug-likeness (QED) is 0.827. The van der Waals surface area contributed by atoms with Gasteiger partial charge in [0.2, 0.25) is 0 Å². The number of nitrogens with zero attached hydrogens (tertiary/aromatic N) is 2. The predicted molar refractivity (Wildman–Crippen MR) is 78.0 cm³/mol. The van der Waals surface area contributed by atoms with Crippen LogP contribution < -0.4 is 0 Å². The lowest BCUT2D eigenvalue weighted by molar-refractivity contribution is -0.142. The minimum atomic E-state index is -0.916. The van der Waals surface area contributed by atoms with Crippen LogP contribution in [0.5, 0.6) is 0 Å². The molecule has 2 N–H and O–H groups in total. The third kappa shape index (κ3) is 3.87. The van der Waals surface area contributed by atoms with Gasteiger partial charge in [0.05, 0.1) is 6.61 Å². The van der Waals surface area contributed by atoms with Crippen molar-refractivity contribution in [3.63, 3.8) is 0 Å². The number of urea groups is 1. The second-order valence-corrected chi connectivity index (χ2v) is 6.03. The van der Waals surface area contributed by atoms with Gasteiger partial charge in [-0.3, -0.25) is 0 Å². The third-order valence-electron chi connectivity index (χ3n) is 4.64. The van der Waals surface area contributed by atoms with Crippen molar-refractivity contribution in [1.29, 1.82) is 0 Å². The van der Waals surface area contributed by atoms with Crippen LogP contribution in [0.1, 0.15) is 51.4 Å². The molecule has 1 saturated heterocycles. The highest BCUT2D eigenvalue weighted by atomic mass is 16.4. The van der Waals surface area contributed by atoms with Crippen molar-refractivity contribution in [2.24, 2.45) is 0 Å². The number of rotatable bonds is 4. The Balaban J connectivity index is 2.13. The predicted octanol–water partition coefficient (Wildman–Crippen LogP) is 1.67. The summed E-state index contributed by atoms with van der Waals surface area (Å²) in [5.41, 5.74) is 0. The molecule has 2 fully saturated rings. The van der Waals surface area contributed by atoms with Gasteiger partial charge in [-0.1, -0.05) is 25.7 Å². The first-order chi connectivity index (χ1) is 10.1. The highest BCUT2D eigenvalue weighted by molar-refractivity contribution is 5.83. The van der Waals surface area contributed by atoms with Crippen LogP contribution in [0.15, 0.2) is 0 Å². The van der Waals surface area contributed by atoms with Crippen molar-refractivity contribution in [2.75, 3.05) is 19.7 Å². The fourth-order valence-electron chi connectivity index (χ4n) is 3.52. The number of carboxylic acid groups (broad SMARTS) is 1. The van der Waals surface area contributed by atoms with E-state index < -0.39 is 12.0 Å². The molecule has 0 aromatic heterocycles. The summed E-state index contributed by atoms with van der Waals surface area (Å²) in [6.07, 6.45) is 7.31. The normalized spacial score (nSPS) is 23.9. The van der Waals surface area contributed by atoms with E-state index in [1.807, 2.05) is 0 Å². The van der Waals surface area contributed by atoms with E-state index >= 15 is 0 Å². The molecule has 6 nitrogen and oxygen atoms in total. The first kappa shape index (κ1) is 16.1. The van der Waals surface area contributed by atoms with Crippen LogP contribution in [0, 0.1) is 0 Å². The second kappa shape index (κ2) is 7.64. The highest BCUT2D eigenvalue weighted by Gasteiger charge is 2.36. The van der Waals surface area contributed by atoms with E-state index in [1.54, 1.807) is 4.90 Å². The first-order valence-corrected chi connectivity index (χ1v) is 8.06. The molecule has 1 aliphatic carbocycles. The molecule has 1 heterocycles. The van der Waals surface area contributed by atoms with Gasteiger partial charge in [0.1, 0.15) is 6.04 Å². The fourth-order valence-corrected chi connectivity index (χ4v) is 3.52. The van der Waals surface area contributed by atoms with Gasteiger partial charge in [-0.05, 0) is 25.7 Å². The van der Waals surface area contributed by atoms with Crippen molar-refractivity contribution in [1.82, 2.24) is 9.80 Å². The molecule has 0 aromatic rings. The van der Waals surface area contributed by atoms with Crippen molar-refractivity contribution in [2.45, 2.75) is 63.5 Å². The van der Waals surface area contributed by atoms with Crippen LogP contribution in [0.25, 0.3) is 0 Å². The SMILES string of the molecule is O=C(O)C1CCCCCN1C(=O)N(CCO)C1CCCC1. The number of likely N-dealkylation sites (tertiary alicyclic amines) is 1. The molecule has 0 bridgehead atoms. The molecule has 2 amide bonds. The van der Waals surface area contributed by atoms with Gasteiger partial charge in [0, 0.05) is 19.1 Å². The smallest absolute Gasteiger partial charge is 0.326 e. The number of carbonyl (C=O) groups is 2. The Morgan fingerprint density at radius 1 is 1.05 bits per heavy atom. The number of aliphatic hydroxyl groups excluding tert-OH is 1. The zero-order chi connectivity index (χ0) is 15.2. The van der Waals surface area contributed by atoms with E-state index in [9.17, 15) is 19.8 Å². The fraction of sp³-hybridized carbons (Fsp3) is 0.867. The van der Waals surface area contributed by atoms with Crippen LogP contribution >= 0.6 is 0 Å². The summed E-state index contributed by atoms with van der Waals surface area (Å²) in [7, 11) is 0. The maximum Gasteiger partial charge on any atom is 0.326 e. The summed E-state index contributed by atoms with van der Waals surface area (Å²) >= 11 is 0. The lowest BCUT2D eigenvalue weighted by atomic mass is 10.1. The van der Waals surface area contributed by atoms with Gasteiger partial charge in [-0.25, -0.2) is 9.59 Å². The topological polar surface area (TPSA) is 81.1 Å². The van der Waals surface area contributed by atoms with Crippen LogP contribution in [0.3, 0.4) is 0 Å². The molecule has 0 spiro atoms. The molecular formula is C15H26N2O4. The number of aliphatic hydroxyl groups is 1. The standard InChI is InChI=1S/C15H26N2O4/c18-11-10-16(12-6-3-4-7-12)15(21)17-9-5-1-2-8-13(17)14(19)20/h12-13,18H,1-11H2,(H,19,20). The Morgan fingerprint density at radius 2 is 1.71 bits per heavy atom. The number of hydrogen-bond donors (Lipinski definition) is 2. The van der Waals surface area contributed by atoms with Crippen LogP contribution in [-0.2, 0) is 4.79 Å². The molecule has 2 aliphatic rings. The molecule has 1 aliphatic heterocycles. The van der Waals surface area contributed by atoms with Gasteiger partial charge in [0.15, 0.2) is 0 Å². The number of aliphatic carboxylic acids is 1. The largest absolute Gasteiger partial charge is 0.480 e. The molecule has 1 atom stereocenters. The first-order valence-electron chi connectivity index (χ1n) is 8.06. The van der Waals surface area contributed by atoms with Crippen LogP contribution in [-0.4, -0.2) is 63.8 Å². The number of carbonyl (C=O) groups excluding carboxylic acids is 1. The molecule has 120 valence electrons. The number of hydrogen-bond acceptors (Lipinski definition) is 3. The van der Waals surface area contributed by atoms with Crippen LogP contribution in [0.2, 0.25) is 0 Å². The molecule has 6 heteroatoms. The molecule has 2 rings (SSSR count). The summed E-state index contributed by atoms with van der Waals surface area (Å²) < 4.78 is 0. The van der Waals surface area contributed by atoms with E-state index in [2.05, 4.69) is 0 Å². The van der Waals surface area contributed by atoms with Gasteiger partial charge in [0.25, 0.3) is 0 Å². The average Bonchev–Trinajstić information content (AvgIpc) is 2.87. The van der Waals surface area contributed by atoms with Crippen molar-refractivity contribution in [3.8, 4) is 0 Å². The Labute approximate surface area is 125 Å². The number of amides is 2. The Hall–Kier alpha value is -1.30. The van der Waals surface area contributed by atoms with Crippen molar-refractivity contribution >= 4 is 12.0 Å². The molecule has 1 saturated carbocycles. The molecule has 1 unspecified atom stereocenters. The number of carboxylic acids is 1. The Kier molecular flexibility index (Phi) is 5.85. The summed E-state index contributed by atoms with van der Waals surface area (Å²) in [6.45, 7) is 0.727. The minimum Gasteiger partial charge on any atom is -0.480 e. The average molecular weight is 298 g/mol. The molecular weight excluding hydrogens is 272 g/mol. The summed E-state index contributed by atoms with van der Waals surface area (Å²) in [6, 6.07) is -0.768. The monoisotopic (exact) mass is 298 g/mol. The van der Waals surface area contributed by atoms with Gasteiger partial charge in [-0.2, -0.15) is 0 Å². The lowest BCUT2D eigenvalue weighted by Gasteiger charge is -2.36. The zero-order valence-corrected chi connectivity index (χ0v) is 12.5. The lowest BCUT2D eigenvalue weighted by Crippen LogP contribution is -2.53. The van der Waals surface area contributed by atoms with Gasteiger partial charge >= 0.3 is 12.0 Å². The van der Waals surface area contributed by atoms with E-state index in [1.165, 1.54) is 4.90 Å². The highest BCUT2D eigenvalue weighted by Crippen LogP contribution is 2.26. The Morgan fingerprint density at radius 3 is 2.33 bits per heavy atom. The van der Waals surface area contributed by atoms with Crippen molar-refractivity contribution in [3.05, 3.63) is 0 Å². The van der Waals surface area contributed by atoms with Gasteiger partial charge < -0.3 is 20.0 Å². The van der Waals surface area contributed by atoms with E-state index in [-0.39, 0.29) is 18.7 Å². The van der Waals surface area contributed by atoms with Crippen molar-refractivity contribution < 1.29 is 19.8 Å². The second-order valence-electron chi connectivity index (χ2n) is 6.03. The summed E-state index contributed by atoms with van der Waals surface area (Å²) in [5.74, 6) is -0.916. The Bertz CT molecular complexity index is 369. The maximum absolute atomic E-state index is 12.8. The van der Waals surface area contributed by atoms with E-state index in [0.29, 0.717) is 19.5 Å². The summed E-state index contributed by atoms with van der Waals surface area (Å²) in [4.78, 5) is 27.5. The van der Waals surface area contributed by atoms with E-state index in [4.69, 9.17) is 0 Å². The van der Waals surface area contributed by atoms with Crippen LogP contribution in [0.4, 0.5) is 4.79 Å². The van der Waals surface area contributed by atoms with Gasteiger partial charge in [-0.15, -0.1) is 0 Å². The molecule has 21 heavy (non-hydrogen) atoms. The molecule has 0 radical (unpaired) electrons. The van der Waals surface area contributed by atoms with E-state index in [0.717, 1.165) is 44.9 Å².